The van der Waals surface area contributed by atoms with Crippen molar-refractivity contribution in [2.45, 2.75) is 37.6 Å². The first-order valence-corrected chi connectivity index (χ1v) is 7.17. The molecule has 0 atom stereocenters. The Bertz CT molecular complexity index is 157. The zero-order chi connectivity index (χ0) is 8.32. The first-order valence-electron chi connectivity index (χ1n) is 3.81. The van der Waals surface area contributed by atoms with Crippen molar-refractivity contribution in [3.05, 3.63) is 0 Å². The average molecular weight is 285 g/mol. The van der Waals surface area contributed by atoms with Crippen LogP contribution in [0.5, 0.6) is 0 Å². The van der Waals surface area contributed by atoms with Crippen LogP contribution in [-0.4, -0.2) is 10.7 Å². The third-order valence-corrected chi connectivity index (χ3v) is 3.97. The van der Waals surface area contributed by atoms with Crippen LogP contribution in [0.2, 0.25) is 0 Å². The molecule has 0 unspecified atom stereocenters. The van der Waals surface area contributed by atoms with Crippen LogP contribution in [-0.2, 0) is 4.79 Å². The predicted octanol–water partition coefficient (Wildman–Crippen LogP) is 2.26. The molecule has 0 saturated heterocycles. The van der Waals surface area contributed by atoms with Gasteiger partial charge in [-0.05, 0) is 21.8 Å². The van der Waals surface area contributed by atoms with Gasteiger partial charge in [-0.25, -0.2) is 0 Å². The van der Waals surface area contributed by atoms with E-state index in [0.717, 1.165) is 25.7 Å². The minimum Gasteiger partial charge on any atom is -0.318 e. The summed E-state index contributed by atoms with van der Waals surface area (Å²) in [6.45, 7) is 0. The van der Waals surface area contributed by atoms with E-state index in [9.17, 15) is 4.79 Å². The molecular weight excluding hydrogens is 273 g/mol. The Labute approximate surface area is 83.3 Å². The van der Waals surface area contributed by atoms with E-state index in [0.29, 0.717) is 0 Å². The fourth-order valence-corrected chi connectivity index (χ4v) is 3.14. The molecule has 1 aliphatic carbocycles. The van der Waals surface area contributed by atoms with Gasteiger partial charge in [0.15, 0.2) is 0 Å². The second-order valence-corrected chi connectivity index (χ2v) is 4.93. The van der Waals surface area contributed by atoms with E-state index in [4.69, 9.17) is 5.73 Å². The Morgan fingerprint density at radius 1 is 1.36 bits per heavy atom. The molecule has 0 heterocycles. The van der Waals surface area contributed by atoms with Gasteiger partial charge in [0.1, 0.15) is 0 Å². The number of carbonyl (C=O) groups is 1. The third kappa shape index (κ3) is 2.32. The monoisotopic (exact) mass is 285 g/mol. The topological polar surface area (TPSA) is 43.1 Å². The van der Waals surface area contributed by atoms with Crippen LogP contribution >= 0.6 is 30.1 Å². The van der Waals surface area contributed by atoms with Gasteiger partial charge < -0.3 is 5.73 Å². The minimum atomic E-state index is -0.496. The maximum atomic E-state index is 11.3. The molecule has 1 fully saturated rings. The summed E-state index contributed by atoms with van der Waals surface area (Å²) < 4.78 is 0. The first kappa shape index (κ1) is 9.80. The number of hydrogen-bond acceptors (Lipinski definition) is 3. The van der Waals surface area contributed by atoms with Gasteiger partial charge in [-0.3, -0.25) is 4.79 Å². The highest BCUT2D eigenvalue weighted by Gasteiger charge is 2.34. The molecule has 0 spiro atoms. The maximum absolute atomic E-state index is 11.3. The number of carbonyl (C=O) groups excluding carboxylic acids is 1. The minimum absolute atomic E-state index is 0.151. The molecule has 1 saturated carbocycles. The lowest BCUT2D eigenvalue weighted by atomic mass is 9.84. The Morgan fingerprint density at radius 3 is 2.36 bits per heavy atom. The summed E-state index contributed by atoms with van der Waals surface area (Å²) in [5.74, 6) is 0. The molecule has 0 aliphatic heterocycles. The van der Waals surface area contributed by atoms with E-state index >= 15 is 0 Å². The third-order valence-electron chi connectivity index (χ3n) is 2.22. The molecule has 1 rings (SSSR count). The smallest absolute Gasteiger partial charge is 0.218 e. The van der Waals surface area contributed by atoms with Crippen molar-refractivity contribution in [3.8, 4) is 0 Å². The van der Waals surface area contributed by atoms with Crippen LogP contribution in [0.25, 0.3) is 0 Å². The molecule has 0 aromatic heterocycles. The van der Waals surface area contributed by atoms with Gasteiger partial charge in [-0.15, -0.1) is 0 Å². The molecule has 0 amide bonds. The number of rotatable bonds is 1. The highest BCUT2D eigenvalue weighted by Crippen LogP contribution is 2.32. The average Bonchev–Trinajstić information content (AvgIpc) is 2.04. The summed E-state index contributed by atoms with van der Waals surface area (Å²) in [4.78, 5) is 11.3. The van der Waals surface area contributed by atoms with Crippen LogP contribution in [0.3, 0.4) is 0 Å². The SMILES string of the molecule is NC1(C(=O)SI)CCCCC1. The number of nitrogens with two attached hydrogens (primary N) is 1. The van der Waals surface area contributed by atoms with Crippen LogP contribution in [0.15, 0.2) is 0 Å². The van der Waals surface area contributed by atoms with Crippen molar-refractivity contribution in [3.63, 3.8) is 0 Å². The van der Waals surface area contributed by atoms with E-state index < -0.39 is 5.54 Å². The summed E-state index contributed by atoms with van der Waals surface area (Å²) in [6, 6.07) is 0. The summed E-state index contributed by atoms with van der Waals surface area (Å²) in [5.41, 5.74) is 5.44. The van der Waals surface area contributed by atoms with Gasteiger partial charge in [-0.2, -0.15) is 0 Å². The lowest BCUT2D eigenvalue weighted by Gasteiger charge is -2.30. The second-order valence-electron chi connectivity index (χ2n) is 3.08. The second kappa shape index (κ2) is 4.09. The fourth-order valence-electron chi connectivity index (χ4n) is 1.46. The lowest BCUT2D eigenvalue weighted by Crippen LogP contribution is -2.47. The van der Waals surface area contributed by atoms with Gasteiger partial charge in [0.2, 0.25) is 5.12 Å². The standard InChI is InChI=1S/C7H12INOS/c8-11-6(10)7(9)4-2-1-3-5-7/h1-5,9H2. The molecule has 0 bridgehead atoms. The molecule has 64 valence electrons. The first-order chi connectivity index (χ1) is 5.19. The van der Waals surface area contributed by atoms with Crippen LogP contribution in [0, 0.1) is 0 Å². The van der Waals surface area contributed by atoms with Gasteiger partial charge in [0, 0.05) is 21.2 Å². The highest BCUT2D eigenvalue weighted by atomic mass is 127. The summed E-state index contributed by atoms with van der Waals surface area (Å²) in [7, 11) is 1.24. The van der Waals surface area contributed by atoms with Crippen molar-refractivity contribution < 1.29 is 4.79 Å². The van der Waals surface area contributed by atoms with Gasteiger partial charge in [-0.1, -0.05) is 19.3 Å². The van der Waals surface area contributed by atoms with E-state index in [2.05, 4.69) is 0 Å². The lowest BCUT2D eigenvalue weighted by molar-refractivity contribution is -0.116. The van der Waals surface area contributed by atoms with Crippen molar-refractivity contribution in [1.82, 2.24) is 0 Å². The molecule has 4 heteroatoms. The Morgan fingerprint density at radius 2 is 1.91 bits per heavy atom. The maximum Gasteiger partial charge on any atom is 0.218 e. The predicted molar refractivity (Wildman–Crippen MR) is 56.6 cm³/mol. The van der Waals surface area contributed by atoms with Gasteiger partial charge in [0.25, 0.3) is 0 Å². The molecule has 0 radical (unpaired) electrons. The Kier molecular flexibility index (Phi) is 3.64. The molecule has 0 aromatic carbocycles. The van der Waals surface area contributed by atoms with Crippen molar-refractivity contribution in [2.75, 3.05) is 0 Å². The molecule has 2 N–H and O–H groups in total. The normalized spacial score (nSPS) is 23.1. The van der Waals surface area contributed by atoms with E-state index in [1.54, 1.807) is 0 Å². The number of halogens is 1. The quantitative estimate of drug-likeness (QED) is 0.751. The summed E-state index contributed by atoms with van der Waals surface area (Å²) >= 11 is 2.01. The summed E-state index contributed by atoms with van der Waals surface area (Å²) in [6.07, 6.45) is 5.21. The van der Waals surface area contributed by atoms with E-state index in [1.807, 2.05) is 21.2 Å². The van der Waals surface area contributed by atoms with Crippen molar-refractivity contribution in [1.29, 1.82) is 0 Å². The highest BCUT2D eigenvalue weighted by molar-refractivity contribution is 14.2. The van der Waals surface area contributed by atoms with E-state index in [-0.39, 0.29) is 5.12 Å². The summed E-state index contributed by atoms with van der Waals surface area (Å²) in [5, 5.41) is 0.151. The zero-order valence-electron chi connectivity index (χ0n) is 6.31. The van der Waals surface area contributed by atoms with Gasteiger partial charge in [0.05, 0.1) is 5.54 Å². The molecule has 0 aromatic rings. The van der Waals surface area contributed by atoms with Crippen LogP contribution in [0.4, 0.5) is 0 Å². The zero-order valence-corrected chi connectivity index (χ0v) is 9.28. The molecule has 1 aliphatic rings. The van der Waals surface area contributed by atoms with E-state index in [1.165, 1.54) is 15.4 Å². The number of hydrogen-bond donors (Lipinski definition) is 1. The molecule has 2 nitrogen and oxygen atoms in total. The van der Waals surface area contributed by atoms with Crippen molar-refractivity contribution >= 4 is 35.3 Å². The Balaban J connectivity index is 2.56. The largest absolute Gasteiger partial charge is 0.318 e. The Hall–Kier alpha value is 0.710. The van der Waals surface area contributed by atoms with Crippen LogP contribution in [0.1, 0.15) is 32.1 Å². The fraction of sp³-hybridized carbons (Fsp3) is 0.857. The molecular formula is C7H12INOS. The van der Waals surface area contributed by atoms with Crippen molar-refractivity contribution in [2.24, 2.45) is 5.73 Å². The van der Waals surface area contributed by atoms with Crippen LogP contribution < -0.4 is 5.73 Å². The molecule has 11 heavy (non-hydrogen) atoms. The van der Waals surface area contributed by atoms with Gasteiger partial charge >= 0.3 is 0 Å².